The predicted octanol–water partition coefficient (Wildman–Crippen LogP) is 4.54. The van der Waals surface area contributed by atoms with Crippen molar-refractivity contribution in [2.75, 3.05) is 13.1 Å². The van der Waals surface area contributed by atoms with E-state index >= 15 is 0 Å². The van der Waals surface area contributed by atoms with Gasteiger partial charge in [0, 0.05) is 64.2 Å². The summed E-state index contributed by atoms with van der Waals surface area (Å²) in [5, 5.41) is 49.3. The van der Waals surface area contributed by atoms with Crippen LogP contribution in [0.15, 0.2) is 115 Å². The molecule has 1 spiro atoms. The van der Waals surface area contributed by atoms with Crippen LogP contribution >= 0.6 is 0 Å². The zero-order valence-electron chi connectivity index (χ0n) is 49.6. The second-order valence-corrected chi connectivity index (χ2v) is 22.4. The second kappa shape index (κ2) is 29.5. The Hall–Kier alpha value is -9.89. The van der Waals surface area contributed by atoms with Crippen LogP contribution in [0.25, 0.3) is 0 Å². The van der Waals surface area contributed by atoms with Gasteiger partial charge in [-0.2, -0.15) is 0 Å². The lowest BCUT2D eigenvalue weighted by Gasteiger charge is -2.36. The largest absolute Gasteiger partial charge is 0.508 e. The number of nitrogens with two attached hydrogens (primary N) is 2. The standard InChI is InChI=1S/C64H75N9O13.N2/c1-6-7-21-47(55(66)76)69-59(80)48(22-14-15-30-67-58(79)40-24-27-44-43(32-40)63(84)86-64(44)45-28-25-41(74)33-50(45)85-51-34-42(75)26-29-46(51)64)70-57(78)37(5)68-61(82)54(52(38-17-10-8-11-18-38)39-19-12-9-13-20-39)72-60(81)49-23-16-31-73(49)62(83)53(35(2)3)71-56(77)36(4)65;1-2/h8-13,17-20,24-29,32-37,47-49,52-54,74-75H,6-7,14-16,21-23,30-31,65H2,1-5H3,(H2,66,76)(H,67,79)(H,68,82)(H,69,80)(H,70,78)(H,71,77)(H,72,81);/t36-,37-,47-,48-,49-,53-,54-;/m0./s1. The second-order valence-electron chi connectivity index (χ2n) is 22.4. The van der Waals surface area contributed by atoms with E-state index in [-0.39, 0.29) is 78.8 Å². The normalized spacial score (nSPS) is 16.2. The number of hydrogen-bond donors (Lipinski definition) is 10. The van der Waals surface area contributed by atoms with Crippen molar-refractivity contribution in [1.29, 1.82) is 10.8 Å². The average Bonchev–Trinajstić information content (AvgIpc) is 1.44. The lowest BCUT2D eigenvalue weighted by atomic mass is 9.77. The van der Waals surface area contributed by atoms with E-state index in [2.05, 4.69) is 31.9 Å². The van der Waals surface area contributed by atoms with E-state index in [1.807, 2.05) is 43.3 Å². The number of fused-ring (bicyclic) bond motifs is 6. The molecule has 0 aromatic heterocycles. The number of carbonyl (C=O) groups is 9. The highest BCUT2D eigenvalue weighted by Gasteiger charge is 2.54. The number of rotatable bonds is 25. The van der Waals surface area contributed by atoms with Crippen molar-refractivity contribution in [2.24, 2.45) is 17.4 Å². The zero-order valence-corrected chi connectivity index (χ0v) is 49.6. The van der Waals surface area contributed by atoms with Gasteiger partial charge in [0.25, 0.3) is 5.91 Å². The van der Waals surface area contributed by atoms with Gasteiger partial charge in [-0.15, -0.1) is 0 Å². The Kier molecular flexibility index (Phi) is 22.0. The van der Waals surface area contributed by atoms with Gasteiger partial charge >= 0.3 is 5.97 Å². The summed E-state index contributed by atoms with van der Waals surface area (Å²) in [5.74, 6) is -6.87. The molecule has 0 radical (unpaired) electrons. The molecule has 8 rings (SSSR count). The van der Waals surface area contributed by atoms with E-state index in [0.29, 0.717) is 53.5 Å². The van der Waals surface area contributed by atoms with Crippen molar-refractivity contribution in [3.63, 3.8) is 0 Å². The fourth-order valence-corrected chi connectivity index (χ4v) is 11.3. The summed E-state index contributed by atoms with van der Waals surface area (Å²) < 4.78 is 12.2. The van der Waals surface area contributed by atoms with Crippen LogP contribution in [0.2, 0.25) is 0 Å². The van der Waals surface area contributed by atoms with Crippen molar-refractivity contribution in [2.45, 2.75) is 140 Å². The molecule has 7 atom stereocenters. The fourth-order valence-electron chi connectivity index (χ4n) is 11.3. The molecule has 0 unspecified atom stereocenters. The fraction of sp³-hybridized carbons (Fsp3) is 0.391. The molecule has 24 heteroatoms. The summed E-state index contributed by atoms with van der Waals surface area (Å²) in [4.78, 5) is 126. The lowest BCUT2D eigenvalue weighted by molar-refractivity contribution is -0.143. The minimum atomic E-state index is -1.53. The SMILES string of the molecule is CCCC[C@H](NC(=O)[C@H](CCCCNC(=O)c1ccc2c(c1)C(=O)OC21c2ccc(O)cc2Oc2cc(O)ccc21)NC(=O)[C@H](C)NC(=O)[C@@H](NC(=O)[C@@H]1CCCN1C(=O)[C@@H](NC(=O)[C@H](C)N)C(C)C)C(c1ccccc1)c1ccccc1)C(N)=O.N#N. The monoisotopic (exact) mass is 1210 g/mol. The van der Waals surface area contributed by atoms with Crippen molar-refractivity contribution in [3.05, 3.63) is 154 Å². The zero-order chi connectivity index (χ0) is 64.0. The van der Waals surface area contributed by atoms with E-state index in [1.165, 1.54) is 49.1 Å². The van der Waals surface area contributed by atoms with Gasteiger partial charge in [-0.1, -0.05) is 100 Å². The van der Waals surface area contributed by atoms with Gasteiger partial charge in [-0.3, -0.25) is 38.4 Å². The van der Waals surface area contributed by atoms with E-state index in [0.717, 1.165) is 0 Å². The Labute approximate surface area is 509 Å². The Morgan fingerprint density at radius 3 is 1.82 bits per heavy atom. The van der Waals surface area contributed by atoms with E-state index in [9.17, 15) is 53.4 Å². The highest BCUT2D eigenvalue weighted by atomic mass is 16.6. The Balaban J connectivity index is 0.00000547. The number of ether oxygens (including phenoxy) is 2. The van der Waals surface area contributed by atoms with Crippen LogP contribution in [0.3, 0.4) is 0 Å². The summed E-state index contributed by atoms with van der Waals surface area (Å²) in [7, 11) is 0. The molecule has 24 nitrogen and oxygen atoms in total. The van der Waals surface area contributed by atoms with E-state index in [4.69, 9.17) is 31.7 Å². The molecule has 12 N–H and O–H groups in total. The van der Waals surface area contributed by atoms with Crippen molar-refractivity contribution in [1.82, 2.24) is 36.8 Å². The molecule has 0 saturated carbocycles. The molecule has 3 aliphatic rings. The molecule has 464 valence electrons. The first kappa shape index (κ1) is 65.6. The van der Waals surface area contributed by atoms with Gasteiger partial charge < -0.3 is 68.0 Å². The number of phenols is 2. The third-order valence-corrected chi connectivity index (χ3v) is 15.8. The molecule has 5 aromatic carbocycles. The van der Waals surface area contributed by atoms with E-state index < -0.39 is 107 Å². The number of unbranched alkanes of at least 4 members (excludes halogenated alkanes) is 2. The first-order chi connectivity index (χ1) is 42.1. The Bertz CT molecular complexity index is 3320. The maximum atomic E-state index is 14.9. The predicted molar refractivity (Wildman–Crippen MR) is 320 cm³/mol. The number of aromatic hydroxyl groups is 2. The number of hydrogen-bond acceptors (Lipinski definition) is 16. The Morgan fingerprint density at radius 2 is 1.25 bits per heavy atom. The summed E-state index contributed by atoms with van der Waals surface area (Å²) in [6.07, 6.45) is 2.80. The summed E-state index contributed by atoms with van der Waals surface area (Å²) in [6.45, 7) is 8.68. The van der Waals surface area contributed by atoms with Crippen LogP contribution < -0.4 is 48.1 Å². The number of nitrogens with zero attached hydrogens (tertiary/aromatic N) is 3. The van der Waals surface area contributed by atoms with Crippen molar-refractivity contribution in [3.8, 4) is 23.0 Å². The minimum absolute atomic E-state index is 0.00826. The topological polar surface area (TPSA) is 388 Å². The third-order valence-electron chi connectivity index (χ3n) is 15.8. The Morgan fingerprint density at radius 1 is 0.670 bits per heavy atom. The number of carbonyl (C=O) groups excluding carboxylic acids is 9. The smallest absolute Gasteiger partial charge is 0.340 e. The molecule has 1 fully saturated rings. The summed E-state index contributed by atoms with van der Waals surface area (Å²) in [5.41, 5.74) is 12.8. The first-order valence-corrected chi connectivity index (χ1v) is 29.3. The summed E-state index contributed by atoms with van der Waals surface area (Å²) >= 11 is 0. The first-order valence-electron chi connectivity index (χ1n) is 29.3. The molecule has 0 bridgehead atoms. The van der Waals surface area contributed by atoms with Crippen molar-refractivity contribution < 1.29 is 62.8 Å². The lowest BCUT2D eigenvalue weighted by Crippen LogP contribution is -2.60. The van der Waals surface area contributed by atoms with Gasteiger partial charge in [0.15, 0.2) is 5.60 Å². The third kappa shape index (κ3) is 14.8. The van der Waals surface area contributed by atoms with E-state index in [1.54, 1.807) is 62.4 Å². The maximum Gasteiger partial charge on any atom is 0.340 e. The molecular formula is C64H75N11O13. The molecule has 8 amide bonds. The quantitative estimate of drug-likeness (QED) is 0.0218. The average molecular weight is 1210 g/mol. The summed E-state index contributed by atoms with van der Waals surface area (Å²) in [6, 6.07) is 23.5. The molecule has 3 heterocycles. The number of amides is 8. The molecule has 5 aromatic rings. The molecular weight excluding hydrogens is 1130 g/mol. The number of benzene rings is 5. The van der Waals surface area contributed by atoms with Crippen LogP contribution in [-0.2, 0) is 43.9 Å². The van der Waals surface area contributed by atoms with Crippen LogP contribution in [0, 0.1) is 16.7 Å². The number of phenolic OH excluding ortho intramolecular Hbond substituents is 2. The molecule has 88 heavy (non-hydrogen) atoms. The highest BCUT2D eigenvalue weighted by Crippen LogP contribution is 2.57. The van der Waals surface area contributed by atoms with Gasteiger partial charge in [0.2, 0.25) is 41.4 Å². The van der Waals surface area contributed by atoms with Crippen LogP contribution in [0.5, 0.6) is 23.0 Å². The highest BCUT2D eigenvalue weighted by molar-refractivity contribution is 6.02. The number of primary amides is 1. The van der Waals surface area contributed by atoms with Gasteiger partial charge in [0.1, 0.15) is 59.2 Å². The van der Waals surface area contributed by atoms with Crippen LogP contribution in [0.1, 0.15) is 140 Å². The molecule has 0 aliphatic carbocycles. The van der Waals surface area contributed by atoms with Crippen LogP contribution in [0.4, 0.5) is 0 Å². The molecule has 3 aliphatic heterocycles. The molecule has 1 saturated heterocycles. The number of likely N-dealkylation sites (tertiary alicyclic amines) is 1. The van der Waals surface area contributed by atoms with Crippen LogP contribution in [-0.4, -0.2) is 124 Å². The minimum Gasteiger partial charge on any atom is -0.508 e. The van der Waals surface area contributed by atoms with Crippen molar-refractivity contribution >= 4 is 53.2 Å². The maximum absolute atomic E-state index is 14.9. The number of esters is 1. The van der Waals surface area contributed by atoms with Gasteiger partial charge in [0.05, 0.1) is 11.6 Å². The van der Waals surface area contributed by atoms with Gasteiger partial charge in [-0.25, -0.2) is 4.79 Å². The number of nitrogens with one attached hydrogen (secondary N) is 6. The van der Waals surface area contributed by atoms with Gasteiger partial charge in [-0.05, 0) is 106 Å².